The molecule has 0 bridgehead atoms. The summed E-state index contributed by atoms with van der Waals surface area (Å²) in [4.78, 5) is 24.1. The molecule has 1 aromatic heterocycles. The number of aromatic nitrogens is 2. The van der Waals surface area contributed by atoms with Crippen LogP contribution in [0, 0.1) is 6.92 Å². The second-order valence-electron chi connectivity index (χ2n) is 5.59. The summed E-state index contributed by atoms with van der Waals surface area (Å²) in [6.07, 6.45) is 2.27. The highest BCUT2D eigenvalue weighted by Gasteiger charge is 2.24. The molecule has 2 rings (SSSR count). The van der Waals surface area contributed by atoms with E-state index in [9.17, 15) is 23.1 Å². The lowest BCUT2D eigenvalue weighted by Crippen LogP contribution is -2.15. The van der Waals surface area contributed by atoms with Gasteiger partial charge in [0, 0.05) is 25.3 Å². The number of sulfone groups is 1. The Labute approximate surface area is 145 Å². The van der Waals surface area contributed by atoms with Crippen LogP contribution in [0.1, 0.15) is 35.3 Å². The van der Waals surface area contributed by atoms with Crippen molar-refractivity contribution in [3.8, 4) is 5.88 Å². The third-order valence-corrected chi connectivity index (χ3v) is 4.87. The maximum atomic E-state index is 12.7. The Kier molecular flexibility index (Phi) is 4.98. The van der Waals surface area contributed by atoms with Crippen molar-refractivity contribution in [1.82, 2.24) is 9.78 Å². The molecule has 0 spiro atoms. The molecule has 2 N–H and O–H groups in total. The standard InChI is InChI=1S/C16H19N3O5S/c1-5-19-16(22)12(8-17-19)15(21)11-6-7-13(25(4,23)24)14(9(11)2)18-10(3)20/h6-8,22H,5H2,1-4H3,(H,18,20). The van der Waals surface area contributed by atoms with Crippen LogP contribution in [0.25, 0.3) is 0 Å². The molecule has 8 nitrogen and oxygen atoms in total. The fourth-order valence-corrected chi connectivity index (χ4v) is 3.38. The minimum absolute atomic E-state index is 0.00540. The minimum atomic E-state index is -3.61. The zero-order chi connectivity index (χ0) is 18.9. The molecular formula is C16H19N3O5S. The van der Waals surface area contributed by atoms with E-state index in [0.717, 1.165) is 6.26 Å². The Bertz CT molecular complexity index is 960. The normalized spacial score (nSPS) is 11.4. The highest BCUT2D eigenvalue weighted by Crippen LogP contribution is 2.31. The Hall–Kier alpha value is -2.68. The summed E-state index contributed by atoms with van der Waals surface area (Å²) in [6, 6.07) is 2.63. The molecule has 0 radical (unpaired) electrons. The number of carbonyl (C=O) groups is 2. The summed E-state index contributed by atoms with van der Waals surface area (Å²) in [7, 11) is -3.61. The molecular weight excluding hydrogens is 346 g/mol. The number of carbonyl (C=O) groups excluding carboxylic acids is 2. The number of nitrogens with one attached hydrogen (secondary N) is 1. The Morgan fingerprint density at radius 1 is 1.28 bits per heavy atom. The quantitative estimate of drug-likeness (QED) is 0.775. The average Bonchev–Trinajstić information content (AvgIpc) is 2.87. The largest absolute Gasteiger partial charge is 0.493 e. The van der Waals surface area contributed by atoms with E-state index < -0.39 is 21.5 Å². The molecule has 0 unspecified atom stereocenters. The first-order valence-electron chi connectivity index (χ1n) is 7.48. The van der Waals surface area contributed by atoms with E-state index in [2.05, 4.69) is 10.4 Å². The summed E-state index contributed by atoms with van der Waals surface area (Å²) < 4.78 is 25.2. The third kappa shape index (κ3) is 3.55. The van der Waals surface area contributed by atoms with Crippen LogP contribution >= 0.6 is 0 Å². The van der Waals surface area contributed by atoms with E-state index >= 15 is 0 Å². The molecule has 0 aliphatic carbocycles. The van der Waals surface area contributed by atoms with Gasteiger partial charge in [-0.05, 0) is 31.5 Å². The first kappa shape index (κ1) is 18.7. The Morgan fingerprint density at radius 3 is 2.40 bits per heavy atom. The molecule has 0 atom stereocenters. The van der Waals surface area contributed by atoms with E-state index in [4.69, 9.17) is 0 Å². The van der Waals surface area contributed by atoms with Gasteiger partial charge in [-0.15, -0.1) is 0 Å². The van der Waals surface area contributed by atoms with E-state index in [1.807, 2.05) is 0 Å². The van der Waals surface area contributed by atoms with Gasteiger partial charge in [-0.2, -0.15) is 5.10 Å². The summed E-state index contributed by atoms with van der Waals surface area (Å²) in [6.45, 7) is 4.94. The molecule has 0 fully saturated rings. The van der Waals surface area contributed by atoms with Crippen LogP contribution in [-0.2, 0) is 21.2 Å². The van der Waals surface area contributed by atoms with Gasteiger partial charge in [0.2, 0.25) is 11.8 Å². The van der Waals surface area contributed by atoms with Gasteiger partial charge in [0.05, 0.1) is 16.8 Å². The van der Waals surface area contributed by atoms with Crippen LogP contribution in [0.2, 0.25) is 0 Å². The lowest BCUT2D eigenvalue weighted by molar-refractivity contribution is -0.114. The zero-order valence-electron chi connectivity index (χ0n) is 14.3. The van der Waals surface area contributed by atoms with Gasteiger partial charge >= 0.3 is 0 Å². The molecule has 1 aromatic carbocycles. The van der Waals surface area contributed by atoms with Crippen molar-refractivity contribution in [2.24, 2.45) is 0 Å². The lowest BCUT2D eigenvalue weighted by Gasteiger charge is -2.15. The molecule has 0 aliphatic heterocycles. The predicted octanol–water partition coefficient (Wildman–Crippen LogP) is 1.51. The maximum absolute atomic E-state index is 12.7. The number of amides is 1. The van der Waals surface area contributed by atoms with Crippen LogP contribution in [0.15, 0.2) is 23.2 Å². The Balaban J connectivity index is 2.64. The fourth-order valence-electron chi connectivity index (χ4n) is 2.49. The van der Waals surface area contributed by atoms with E-state index in [1.165, 1.54) is 36.9 Å². The minimum Gasteiger partial charge on any atom is -0.493 e. The van der Waals surface area contributed by atoms with Crippen molar-refractivity contribution in [1.29, 1.82) is 0 Å². The monoisotopic (exact) mass is 365 g/mol. The number of hydrogen-bond acceptors (Lipinski definition) is 6. The van der Waals surface area contributed by atoms with Gasteiger partial charge in [0.15, 0.2) is 15.6 Å². The van der Waals surface area contributed by atoms with Crippen molar-refractivity contribution in [2.45, 2.75) is 32.2 Å². The molecule has 134 valence electrons. The molecule has 0 saturated heterocycles. The van der Waals surface area contributed by atoms with Crippen LogP contribution in [0.5, 0.6) is 5.88 Å². The summed E-state index contributed by atoms with van der Waals surface area (Å²) in [5.41, 5.74) is 0.530. The summed E-state index contributed by atoms with van der Waals surface area (Å²) in [5, 5.41) is 16.5. The molecule has 25 heavy (non-hydrogen) atoms. The topological polar surface area (TPSA) is 118 Å². The average molecular weight is 365 g/mol. The molecule has 9 heteroatoms. The fraction of sp³-hybridized carbons (Fsp3) is 0.312. The molecule has 0 aliphatic rings. The van der Waals surface area contributed by atoms with Gasteiger partial charge in [0.25, 0.3) is 0 Å². The predicted molar refractivity (Wildman–Crippen MR) is 91.6 cm³/mol. The van der Waals surface area contributed by atoms with Crippen molar-refractivity contribution >= 4 is 27.2 Å². The number of aryl methyl sites for hydroxylation is 1. The van der Waals surface area contributed by atoms with Crippen LogP contribution in [0.4, 0.5) is 5.69 Å². The number of hydrogen-bond donors (Lipinski definition) is 2. The van der Waals surface area contributed by atoms with Crippen LogP contribution in [-0.4, -0.2) is 41.3 Å². The number of nitrogens with zero attached hydrogens (tertiary/aromatic N) is 2. The van der Waals surface area contributed by atoms with Gasteiger partial charge in [-0.25, -0.2) is 13.1 Å². The highest BCUT2D eigenvalue weighted by molar-refractivity contribution is 7.90. The SMILES string of the molecule is CCn1ncc(C(=O)c2ccc(S(C)(=O)=O)c(NC(C)=O)c2C)c1O. The number of anilines is 1. The van der Waals surface area contributed by atoms with Crippen LogP contribution in [0.3, 0.4) is 0 Å². The maximum Gasteiger partial charge on any atom is 0.221 e. The van der Waals surface area contributed by atoms with Gasteiger partial charge < -0.3 is 10.4 Å². The van der Waals surface area contributed by atoms with Gasteiger partial charge in [0.1, 0.15) is 5.56 Å². The second kappa shape index (κ2) is 6.67. The summed E-state index contributed by atoms with van der Waals surface area (Å²) in [5.74, 6) is -1.24. The van der Waals surface area contributed by atoms with E-state index in [1.54, 1.807) is 6.92 Å². The highest BCUT2D eigenvalue weighted by atomic mass is 32.2. The first-order valence-corrected chi connectivity index (χ1v) is 9.37. The number of ketones is 1. The van der Waals surface area contributed by atoms with Crippen LogP contribution < -0.4 is 5.32 Å². The molecule has 0 saturated carbocycles. The Morgan fingerprint density at radius 2 is 1.92 bits per heavy atom. The zero-order valence-corrected chi connectivity index (χ0v) is 15.1. The van der Waals surface area contributed by atoms with Gasteiger partial charge in [-0.1, -0.05) is 0 Å². The molecule has 1 amide bonds. The van der Waals surface area contributed by atoms with Crippen molar-refractivity contribution < 1.29 is 23.1 Å². The molecule has 2 aromatic rings. The lowest BCUT2D eigenvalue weighted by atomic mass is 9.99. The smallest absolute Gasteiger partial charge is 0.221 e. The second-order valence-corrected chi connectivity index (χ2v) is 7.58. The number of benzene rings is 1. The number of rotatable bonds is 5. The summed E-state index contributed by atoms with van der Waals surface area (Å²) >= 11 is 0. The first-order chi connectivity index (χ1) is 11.6. The van der Waals surface area contributed by atoms with Crippen molar-refractivity contribution in [3.05, 3.63) is 35.0 Å². The van der Waals surface area contributed by atoms with Crippen molar-refractivity contribution in [2.75, 3.05) is 11.6 Å². The number of aromatic hydroxyl groups is 1. The molecule has 1 heterocycles. The van der Waals surface area contributed by atoms with Crippen molar-refractivity contribution in [3.63, 3.8) is 0 Å². The third-order valence-electron chi connectivity index (χ3n) is 3.73. The van der Waals surface area contributed by atoms with E-state index in [-0.39, 0.29) is 27.6 Å². The van der Waals surface area contributed by atoms with Gasteiger partial charge in [-0.3, -0.25) is 9.59 Å². The van der Waals surface area contributed by atoms with E-state index in [0.29, 0.717) is 12.1 Å².